The molecule has 0 spiro atoms. The molecule has 0 aliphatic carbocycles. The molecule has 4 heteroatoms. The molecular weight excluding hydrogens is 698 g/mol. The number of hydrogen-bond donors (Lipinski definition) is 0. The molecule has 2 nitrogen and oxygen atoms in total. The van der Waals surface area contributed by atoms with Gasteiger partial charge < -0.3 is 9.13 Å². The molecule has 0 atom stereocenters. The third-order valence-corrected chi connectivity index (χ3v) is 13.1. The average Bonchev–Trinajstić information content (AvgIpc) is 3.82. The molecule has 0 saturated heterocycles. The van der Waals surface area contributed by atoms with Gasteiger partial charge in [0, 0.05) is 44.0 Å². The van der Waals surface area contributed by atoms with Crippen LogP contribution in [-0.4, -0.2) is 22.6 Å². The van der Waals surface area contributed by atoms with Gasteiger partial charge in [-0.05, 0) is 68.4 Å². The third-order valence-electron chi connectivity index (χ3n) is 13.1. The number of para-hydroxylation sites is 4. The Labute approximate surface area is 337 Å². The third kappa shape index (κ3) is 4.24. The summed E-state index contributed by atoms with van der Waals surface area (Å²) in [5.74, 6) is 0. The van der Waals surface area contributed by atoms with E-state index in [1.807, 2.05) is 0 Å². The van der Waals surface area contributed by atoms with Crippen LogP contribution in [-0.2, 0) is 0 Å². The Hall–Kier alpha value is -7.29. The average molecular weight is 733 g/mol. The Bertz CT molecular complexity index is 3240. The highest BCUT2D eigenvalue weighted by Crippen LogP contribution is 2.43. The Morgan fingerprint density at radius 1 is 0.276 bits per heavy atom. The molecule has 58 heavy (non-hydrogen) atoms. The number of benzene rings is 9. The van der Waals surface area contributed by atoms with Crippen molar-refractivity contribution < 1.29 is 0 Å². The standard InChI is InChI=1S/C54H34B2N2/c1-3-17-35(18-4-1)37-21-7-9-25-41(37)55-43-27-11-13-31-47(43)57-49-33-34-50-52(51(49)39-23-15-29-45(55)53(39)57)40-24-16-30-46-54(40)58(50)48-32-14-12-28-44(48)56(46)42-26-10-8-22-38(42)36-19-5-2-6-20-36/h1-34H. The lowest BCUT2D eigenvalue weighted by Crippen LogP contribution is -2.56. The predicted octanol–water partition coefficient (Wildman–Crippen LogP) is 8.87. The van der Waals surface area contributed by atoms with Crippen molar-refractivity contribution in [3.63, 3.8) is 0 Å². The molecule has 0 N–H and O–H groups in total. The second-order valence-corrected chi connectivity index (χ2v) is 15.9. The summed E-state index contributed by atoms with van der Waals surface area (Å²) in [7, 11) is 0. The van der Waals surface area contributed by atoms with Gasteiger partial charge in [-0.25, -0.2) is 0 Å². The second kappa shape index (κ2) is 12.1. The van der Waals surface area contributed by atoms with Gasteiger partial charge in [0.25, 0.3) is 0 Å². The Balaban J connectivity index is 1.13. The van der Waals surface area contributed by atoms with Gasteiger partial charge in [-0.2, -0.15) is 0 Å². The number of rotatable bonds is 4. The zero-order chi connectivity index (χ0) is 37.9. The largest absolute Gasteiger partial charge is 0.310 e. The molecule has 0 bridgehead atoms. The Morgan fingerprint density at radius 2 is 0.638 bits per heavy atom. The van der Waals surface area contributed by atoms with Crippen LogP contribution >= 0.6 is 0 Å². The summed E-state index contributed by atoms with van der Waals surface area (Å²) in [6.45, 7) is 0.159. The smallest absolute Gasteiger partial charge is 0.247 e. The highest BCUT2D eigenvalue weighted by molar-refractivity contribution is 6.99. The maximum absolute atomic E-state index is 2.57. The molecule has 0 saturated carbocycles. The summed E-state index contributed by atoms with van der Waals surface area (Å²) in [4.78, 5) is 0. The SMILES string of the molecule is c1ccc(-c2ccccc2B2c3ccccc3-n3c4ccc5c(c6cccc7c6n5-c5ccccc5B7c5ccccc5-c5ccccc5)c4c4cccc2c43)cc1. The molecule has 9 aromatic carbocycles. The molecule has 4 heterocycles. The number of aromatic nitrogens is 2. The summed E-state index contributed by atoms with van der Waals surface area (Å²) in [5, 5.41) is 5.25. The molecule has 2 aliphatic rings. The fraction of sp³-hybridized carbons (Fsp3) is 0. The fourth-order valence-corrected chi connectivity index (χ4v) is 10.9. The maximum Gasteiger partial charge on any atom is 0.247 e. The fourth-order valence-electron chi connectivity index (χ4n) is 10.9. The first-order valence-electron chi connectivity index (χ1n) is 20.4. The normalized spacial score (nSPS) is 12.8. The highest BCUT2D eigenvalue weighted by atomic mass is 15.0. The van der Waals surface area contributed by atoms with E-state index in [4.69, 9.17) is 0 Å². The lowest BCUT2D eigenvalue weighted by molar-refractivity contribution is 1.18. The lowest BCUT2D eigenvalue weighted by atomic mass is 9.34. The minimum absolute atomic E-state index is 0.0796. The Morgan fingerprint density at radius 3 is 1.09 bits per heavy atom. The second-order valence-electron chi connectivity index (χ2n) is 15.9. The van der Waals surface area contributed by atoms with Gasteiger partial charge in [-0.3, -0.25) is 0 Å². The van der Waals surface area contributed by atoms with Crippen LogP contribution in [0.4, 0.5) is 0 Å². The molecular formula is C54H34B2N2. The van der Waals surface area contributed by atoms with Crippen LogP contribution in [0.3, 0.4) is 0 Å². The van der Waals surface area contributed by atoms with Gasteiger partial charge in [0.05, 0.1) is 11.0 Å². The van der Waals surface area contributed by atoms with E-state index in [2.05, 4.69) is 215 Å². The van der Waals surface area contributed by atoms with E-state index in [9.17, 15) is 0 Å². The van der Waals surface area contributed by atoms with Gasteiger partial charge in [-0.15, -0.1) is 0 Å². The van der Waals surface area contributed by atoms with Crippen LogP contribution in [0.2, 0.25) is 0 Å². The molecule has 0 fully saturated rings. The van der Waals surface area contributed by atoms with Crippen molar-refractivity contribution in [1.29, 1.82) is 0 Å². The van der Waals surface area contributed by atoms with Crippen LogP contribution in [0.15, 0.2) is 206 Å². The van der Waals surface area contributed by atoms with Crippen molar-refractivity contribution in [2.24, 2.45) is 0 Å². The molecule has 266 valence electrons. The summed E-state index contributed by atoms with van der Waals surface area (Å²) in [6, 6.07) is 76.8. The van der Waals surface area contributed by atoms with Gasteiger partial charge in [-0.1, -0.05) is 193 Å². The molecule has 0 amide bonds. The van der Waals surface area contributed by atoms with E-state index in [0.29, 0.717) is 0 Å². The summed E-state index contributed by atoms with van der Waals surface area (Å²) in [5.41, 5.74) is 20.7. The van der Waals surface area contributed by atoms with Crippen LogP contribution in [0, 0.1) is 0 Å². The molecule has 2 aliphatic heterocycles. The van der Waals surface area contributed by atoms with Crippen LogP contribution in [0.5, 0.6) is 0 Å². The highest BCUT2D eigenvalue weighted by Gasteiger charge is 2.38. The van der Waals surface area contributed by atoms with E-state index in [0.717, 1.165) is 0 Å². The maximum atomic E-state index is 2.57. The van der Waals surface area contributed by atoms with Gasteiger partial charge in [0.2, 0.25) is 13.4 Å². The molecule has 2 aromatic heterocycles. The van der Waals surface area contributed by atoms with Gasteiger partial charge in [0.15, 0.2) is 0 Å². The summed E-state index contributed by atoms with van der Waals surface area (Å²) < 4.78 is 5.13. The van der Waals surface area contributed by atoms with E-state index in [1.165, 1.54) is 110 Å². The molecule has 0 radical (unpaired) electrons. The monoisotopic (exact) mass is 732 g/mol. The van der Waals surface area contributed by atoms with E-state index in [1.54, 1.807) is 0 Å². The van der Waals surface area contributed by atoms with Crippen molar-refractivity contribution in [3.05, 3.63) is 206 Å². The van der Waals surface area contributed by atoms with Crippen LogP contribution < -0.4 is 32.8 Å². The van der Waals surface area contributed by atoms with Crippen molar-refractivity contribution in [2.45, 2.75) is 0 Å². The summed E-state index contributed by atoms with van der Waals surface area (Å²) in [6.07, 6.45) is 0. The zero-order valence-electron chi connectivity index (χ0n) is 31.7. The minimum atomic E-state index is 0.0796. The zero-order valence-corrected chi connectivity index (χ0v) is 31.7. The van der Waals surface area contributed by atoms with Crippen molar-refractivity contribution in [1.82, 2.24) is 9.13 Å². The van der Waals surface area contributed by atoms with Crippen LogP contribution in [0.25, 0.3) is 77.2 Å². The first kappa shape index (κ1) is 31.9. The van der Waals surface area contributed by atoms with Crippen molar-refractivity contribution in [2.75, 3.05) is 0 Å². The molecule has 13 rings (SSSR count). The predicted molar refractivity (Wildman–Crippen MR) is 248 cm³/mol. The first-order valence-corrected chi connectivity index (χ1v) is 20.4. The van der Waals surface area contributed by atoms with Crippen LogP contribution in [0.1, 0.15) is 0 Å². The lowest BCUT2D eigenvalue weighted by Gasteiger charge is -2.28. The van der Waals surface area contributed by atoms with E-state index in [-0.39, 0.29) is 13.4 Å². The van der Waals surface area contributed by atoms with E-state index >= 15 is 0 Å². The van der Waals surface area contributed by atoms with E-state index < -0.39 is 0 Å². The van der Waals surface area contributed by atoms with Gasteiger partial charge in [0.1, 0.15) is 0 Å². The quantitative estimate of drug-likeness (QED) is 0.160. The molecule has 0 unspecified atom stereocenters. The number of hydrogen-bond acceptors (Lipinski definition) is 0. The molecule has 11 aromatic rings. The number of nitrogens with zero attached hydrogens (tertiary/aromatic N) is 2. The van der Waals surface area contributed by atoms with Gasteiger partial charge >= 0.3 is 0 Å². The first-order chi connectivity index (χ1) is 28.8. The van der Waals surface area contributed by atoms with Crippen molar-refractivity contribution >= 4 is 89.8 Å². The number of fused-ring (bicyclic) bond motifs is 11. The summed E-state index contributed by atoms with van der Waals surface area (Å²) >= 11 is 0. The topological polar surface area (TPSA) is 9.86 Å². The minimum Gasteiger partial charge on any atom is -0.310 e. The van der Waals surface area contributed by atoms with Crippen molar-refractivity contribution in [3.8, 4) is 33.6 Å². The Kier molecular flexibility index (Phi) is 6.65.